The molecule has 0 unspecified atom stereocenters. The van der Waals surface area contributed by atoms with Crippen molar-refractivity contribution in [2.24, 2.45) is 0 Å². The molecule has 0 radical (unpaired) electrons. The van der Waals surface area contributed by atoms with Gasteiger partial charge in [0.05, 0.1) is 11.0 Å². The second-order valence-corrected chi connectivity index (χ2v) is 16.6. The molecule has 0 spiro atoms. The molecule has 4 aromatic heterocycles. The molecular formula is C51H30N4S2. The summed E-state index contributed by atoms with van der Waals surface area (Å²) in [5.74, 6) is 1.96. The van der Waals surface area contributed by atoms with Crippen LogP contribution in [0, 0.1) is 0 Å². The van der Waals surface area contributed by atoms with E-state index in [1.165, 1.54) is 67.7 Å². The molecule has 0 aliphatic rings. The summed E-state index contributed by atoms with van der Waals surface area (Å²) in [5.41, 5.74) is 8.72. The minimum atomic E-state index is 0.644. The number of fused-ring (bicyclic) bond motifs is 9. The molecule has 12 aromatic rings. The van der Waals surface area contributed by atoms with Gasteiger partial charge in [-0.2, -0.15) is 0 Å². The van der Waals surface area contributed by atoms with E-state index in [1.807, 2.05) is 22.7 Å². The van der Waals surface area contributed by atoms with Crippen molar-refractivity contribution in [1.29, 1.82) is 0 Å². The zero-order valence-electron chi connectivity index (χ0n) is 30.4. The maximum absolute atomic E-state index is 5.18. The largest absolute Gasteiger partial charge is 0.309 e. The van der Waals surface area contributed by atoms with E-state index in [2.05, 4.69) is 187 Å². The third-order valence-corrected chi connectivity index (χ3v) is 13.4. The Morgan fingerprint density at radius 1 is 0.333 bits per heavy atom. The Morgan fingerprint density at radius 3 is 1.44 bits per heavy atom. The van der Waals surface area contributed by atoms with E-state index in [4.69, 9.17) is 15.0 Å². The number of para-hydroxylation sites is 2. The van der Waals surface area contributed by atoms with Gasteiger partial charge in [0.1, 0.15) is 0 Å². The van der Waals surface area contributed by atoms with Crippen molar-refractivity contribution in [1.82, 2.24) is 19.5 Å². The SMILES string of the molecule is c1ccc(-n2c3ccccc3c3c(-c4ccc(-c5nc(-c6ccc7sc8ccccc8c7c6)nc(-c6ccc7sc8ccccc8c7c6)n5)cc4)cccc32)cc1. The lowest BCUT2D eigenvalue weighted by atomic mass is 9.98. The molecule has 0 saturated carbocycles. The Labute approximate surface area is 335 Å². The summed E-state index contributed by atoms with van der Waals surface area (Å²) >= 11 is 3.63. The van der Waals surface area contributed by atoms with Crippen molar-refractivity contribution in [2.45, 2.75) is 0 Å². The first kappa shape index (κ1) is 32.3. The van der Waals surface area contributed by atoms with Gasteiger partial charge in [0.2, 0.25) is 0 Å². The molecule has 57 heavy (non-hydrogen) atoms. The molecule has 4 heterocycles. The van der Waals surface area contributed by atoms with Crippen LogP contribution in [0.5, 0.6) is 0 Å². The monoisotopic (exact) mass is 762 g/mol. The molecule has 6 heteroatoms. The summed E-state index contributed by atoms with van der Waals surface area (Å²) in [6.45, 7) is 0. The van der Waals surface area contributed by atoms with Gasteiger partial charge in [-0.25, -0.2) is 15.0 Å². The van der Waals surface area contributed by atoms with Crippen LogP contribution in [0.25, 0.3) is 113 Å². The Morgan fingerprint density at radius 2 is 0.807 bits per heavy atom. The van der Waals surface area contributed by atoms with Crippen molar-refractivity contribution in [2.75, 3.05) is 0 Å². The van der Waals surface area contributed by atoms with Crippen molar-refractivity contribution in [3.05, 3.63) is 182 Å². The Balaban J connectivity index is 1.02. The number of nitrogens with zero attached hydrogens (tertiary/aromatic N) is 4. The summed E-state index contributed by atoms with van der Waals surface area (Å²) in [6, 6.07) is 65.0. The highest BCUT2D eigenvalue weighted by atomic mass is 32.1. The van der Waals surface area contributed by atoms with Gasteiger partial charge < -0.3 is 4.57 Å². The topological polar surface area (TPSA) is 43.6 Å². The van der Waals surface area contributed by atoms with Crippen LogP contribution in [0.4, 0.5) is 0 Å². The predicted octanol–water partition coefficient (Wildman–Crippen LogP) is 14.4. The quantitative estimate of drug-likeness (QED) is 0.175. The summed E-state index contributed by atoms with van der Waals surface area (Å²) in [5, 5.41) is 7.41. The Kier molecular flexibility index (Phi) is 7.24. The van der Waals surface area contributed by atoms with Gasteiger partial charge in [-0.15, -0.1) is 22.7 Å². The molecule has 0 aliphatic heterocycles. The van der Waals surface area contributed by atoms with E-state index in [0.717, 1.165) is 27.9 Å². The van der Waals surface area contributed by atoms with Gasteiger partial charge in [-0.05, 0) is 83.9 Å². The first-order valence-electron chi connectivity index (χ1n) is 19.0. The molecule has 0 saturated heterocycles. The molecule has 0 N–H and O–H groups in total. The van der Waals surface area contributed by atoms with Gasteiger partial charge in [0, 0.05) is 73.5 Å². The van der Waals surface area contributed by atoms with Crippen LogP contribution in [-0.2, 0) is 0 Å². The number of rotatable bonds is 5. The van der Waals surface area contributed by atoms with Crippen LogP contribution >= 0.6 is 22.7 Å². The highest BCUT2D eigenvalue weighted by Crippen LogP contribution is 2.41. The van der Waals surface area contributed by atoms with E-state index < -0.39 is 0 Å². The first-order chi connectivity index (χ1) is 28.2. The average molecular weight is 763 g/mol. The normalized spacial score (nSPS) is 11.9. The smallest absolute Gasteiger partial charge is 0.164 e. The van der Waals surface area contributed by atoms with Crippen LogP contribution in [0.3, 0.4) is 0 Å². The van der Waals surface area contributed by atoms with Crippen molar-refractivity contribution >= 4 is 84.8 Å². The molecule has 12 rings (SSSR count). The maximum atomic E-state index is 5.18. The van der Waals surface area contributed by atoms with E-state index >= 15 is 0 Å². The van der Waals surface area contributed by atoms with E-state index in [9.17, 15) is 0 Å². The fourth-order valence-electron chi connectivity index (χ4n) is 8.41. The Bertz CT molecular complexity index is 3390. The van der Waals surface area contributed by atoms with Gasteiger partial charge >= 0.3 is 0 Å². The lowest BCUT2D eigenvalue weighted by Crippen LogP contribution is -2.00. The lowest BCUT2D eigenvalue weighted by Gasteiger charge is -2.11. The average Bonchev–Trinajstić information content (AvgIpc) is 3.96. The van der Waals surface area contributed by atoms with Gasteiger partial charge in [-0.1, -0.05) is 109 Å². The van der Waals surface area contributed by atoms with Gasteiger partial charge in [-0.3, -0.25) is 0 Å². The summed E-state index contributed by atoms with van der Waals surface area (Å²) in [4.78, 5) is 15.5. The molecule has 266 valence electrons. The predicted molar refractivity (Wildman–Crippen MR) is 242 cm³/mol. The number of hydrogen-bond donors (Lipinski definition) is 0. The highest BCUT2D eigenvalue weighted by molar-refractivity contribution is 7.26. The minimum absolute atomic E-state index is 0.644. The molecule has 0 atom stereocenters. The molecule has 8 aromatic carbocycles. The number of benzene rings is 8. The zero-order valence-corrected chi connectivity index (χ0v) is 32.1. The van der Waals surface area contributed by atoms with Crippen molar-refractivity contribution in [3.63, 3.8) is 0 Å². The summed E-state index contributed by atoms with van der Waals surface area (Å²) < 4.78 is 7.42. The second-order valence-electron chi connectivity index (χ2n) is 14.4. The van der Waals surface area contributed by atoms with E-state index in [0.29, 0.717) is 17.5 Å². The van der Waals surface area contributed by atoms with Crippen molar-refractivity contribution < 1.29 is 0 Å². The molecular weight excluding hydrogens is 733 g/mol. The summed E-state index contributed by atoms with van der Waals surface area (Å²) in [7, 11) is 0. The fraction of sp³-hybridized carbons (Fsp3) is 0. The third kappa shape index (κ3) is 5.22. The number of aromatic nitrogens is 4. The molecule has 0 aliphatic carbocycles. The molecule has 0 bridgehead atoms. The van der Waals surface area contributed by atoms with Gasteiger partial charge in [0.25, 0.3) is 0 Å². The zero-order chi connectivity index (χ0) is 37.5. The Hall–Kier alpha value is -6.99. The number of hydrogen-bond acceptors (Lipinski definition) is 5. The molecule has 0 amide bonds. The first-order valence-corrected chi connectivity index (χ1v) is 20.6. The molecule has 4 nitrogen and oxygen atoms in total. The lowest BCUT2D eigenvalue weighted by molar-refractivity contribution is 1.08. The molecule has 0 fully saturated rings. The van der Waals surface area contributed by atoms with Crippen LogP contribution in [-0.4, -0.2) is 19.5 Å². The third-order valence-electron chi connectivity index (χ3n) is 11.1. The van der Waals surface area contributed by atoms with Crippen LogP contribution < -0.4 is 0 Å². The van der Waals surface area contributed by atoms with Crippen LogP contribution in [0.1, 0.15) is 0 Å². The highest BCUT2D eigenvalue weighted by Gasteiger charge is 2.18. The van der Waals surface area contributed by atoms with Gasteiger partial charge in [0.15, 0.2) is 17.5 Å². The fourth-order valence-corrected chi connectivity index (χ4v) is 10.6. The maximum Gasteiger partial charge on any atom is 0.164 e. The minimum Gasteiger partial charge on any atom is -0.309 e. The van der Waals surface area contributed by atoms with E-state index in [-0.39, 0.29) is 0 Å². The van der Waals surface area contributed by atoms with Crippen LogP contribution in [0.15, 0.2) is 182 Å². The second kappa shape index (κ2) is 12.8. The number of thiophene rings is 2. The summed E-state index contributed by atoms with van der Waals surface area (Å²) in [6.07, 6.45) is 0. The van der Waals surface area contributed by atoms with E-state index in [1.54, 1.807) is 0 Å². The van der Waals surface area contributed by atoms with Crippen LogP contribution in [0.2, 0.25) is 0 Å². The van der Waals surface area contributed by atoms with Crippen molar-refractivity contribution in [3.8, 4) is 51.0 Å². The standard InChI is InChI=1S/C51H30N4S2/c1-2-11-35(12-3-1)55-42-17-7-4-15-39(42)48-36(16-10-18-43(48)55)31-21-23-32(24-22-31)49-52-50(33-25-27-46-40(29-33)37-13-5-8-19-44(37)56-46)54-51(53-49)34-26-28-47-41(30-34)38-14-6-9-20-45(38)57-47/h1-30H.